The summed E-state index contributed by atoms with van der Waals surface area (Å²) in [5.74, 6) is 2.41. The van der Waals surface area contributed by atoms with Gasteiger partial charge in [0, 0.05) is 18.9 Å². The Morgan fingerprint density at radius 1 is 1.53 bits per heavy atom. The molecule has 0 heterocycles. The molecule has 15 heavy (non-hydrogen) atoms. The van der Waals surface area contributed by atoms with E-state index in [9.17, 15) is 4.79 Å². The fourth-order valence-electron chi connectivity index (χ4n) is 1.91. The molecule has 0 aliphatic heterocycles. The van der Waals surface area contributed by atoms with Crippen LogP contribution in [0.25, 0.3) is 0 Å². The van der Waals surface area contributed by atoms with Crippen LogP contribution in [0, 0.1) is 5.92 Å². The van der Waals surface area contributed by atoms with E-state index < -0.39 is 0 Å². The van der Waals surface area contributed by atoms with Crippen molar-refractivity contribution in [2.24, 2.45) is 5.92 Å². The van der Waals surface area contributed by atoms with Crippen LogP contribution in [0.1, 0.15) is 26.2 Å². The van der Waals surface area contributed by atoms with Crippen molar-refractivity contribution in [2.45, 2.75) is 32.2 Å². The summed E-state index contributed by atoms with van der Waals surface area (Å²) in [6, 6.07) is 0.426. The molecule has 0 saturated heterocycles. The summed E-state index contributed by atoms with van der Waals surface area (Å²) < 4.78 is 4.92. The molecule has 1 rings (SSSR count). The zero-order valence-corrected chi connectivity index (χ0v) is 10.4. The van der Waals surface area contributed by atoms with E-state index in [1.165, 1.54) is 6.42 Å². The highest BCUT2D eigenvalue weighted by atomic mass is 32.2. The summed E-state index contributed by atoms with van der Waals surface area (Å²) in [7, 11) is 1.68. The molecule has 1 saturated carbocycles. The van der Waals surface area contributed by atoms with Crippen LogP contribution in [-0.2, 0) is 9.53 Å². The van der Waals surface area contributed by atoms with Gasteiger partial charge in [0.15, 0.2) is 0 Å². The Hall–Kier alpha value is -0.220. The van der Waals surface area contributed by atoms with E-state index in [4.69, 9.17) is 4.74 Å². The fourth-order valence-corrected chi connectivity index (χ4v) is 2.61. The number of hydrogen-bond acceptors (Lipinski definition) is 3. The highest BCUT2D eigenvalue weighted by Crippen LogP contribution is 2.24. The van der Waals surface area contributed by atoms with Crippen molar-refractivity contribution in [3.63, 3.8) is 0 Å². The van der Waals surface area contributed by atoms with Crippen molar-refractivity contribution in [1.29, 1.82) is 0 Å². The van der Waals surface area contributed by atoms with Crippen molar-refractivity contribution in [2.75, 3.05) is 25.2 Å². The van der Waals surface area contributed by atoms with Crippen molar-refractivity contribution >= 4 is 17.7 Å². The Bertz CT molecular complexity index is 199. The van der Waals surface area contributed by atoms with E-state index >= 15 is 0 Å². The van der Waals surface area contributed by atoms with E-state index in [-0.39, 0.29) is 5.91 Å². The number of carbonyl (C=O) groups excluding carboxylic acids is 1. The smallest absolute Gasteiger partial charge is 0.230 e. The minimum atomic E-state index is 0.176. The molecule has 0 radical (unpaired) electrons. The van der Waals surface area contributed by atoms with Crippen LogP contribution < -0.4 is 5.32 Å². The average Bonchev–Trinajstić information content (AvgIpc) is 2.59. The summed E-state index contributed by atoms with van der Waals surface area (Å²) in [5, 5.41) is 3.09. The van der Waals surface area contributed by atoms with Gasteiger partial charge in [-0.25, -0.2) is 0 Å². The first kappa shape index (κ1) is 12.8. The van der Waals surface area contributed by atoms with Gasteiger partial charge in [-0.3, -0.25) is 4.79 Å². The molecule has 3 nitrogen and oxygen atoms in total. The first-order chi connectivity index (χ1) is 7.22. The Balaban J connectivity index is 2.03. The van der Waals surface area contributed by atoms with Crippen LogP contribution in [0.2, 0.25) is 0 Å². The van der Waals surface area contributed by atoms with Crippen LogP contribution in [0.15, 0.2) is 0 Å². The zero-order valence-electron chi connectivity index (χ0n) is 9.62. The van der Waals surface area contributed by atoms with Crippen molar-refractivity contribution < 1.29 is 9.53 Å². The molecule has 1 amide bonds. The van der Waals surface area contributed by atoms with Crippen LogP contribution in [-0.4, -0.2) is 37.2 Å². The van der Waals surface area contributed by atoms with Gasteiger partial charge in [-0.15, -0.1) is 11.8 Å². The largest absolute Gasteiger partial charge is 0.384 e. The van der Waals surface area contributed by atoms with Crippen molar-refractivity contribution in [3.05, 3.63) is 0 Å². The highest BCUT2D eigenvalue weighted by Gasteiger charge is 2.22. The second-order valence-corrected chi connectivity index (χ2v) is 5.33. The number of ether oxygens (including phenoxy) is 1. The lowest BCUT2D eigenvalue weighted by molar-refractivity contribution is -0.119. The lowest BCUT2D eigenvalue weighted by Crippen LogP contribution is -2.34. The number of carbonyl (C=O) groups is 1. The predicted octanol–water partition coefficient (Wildman–Crippen LogP) is 1.67. The fraction of sp³-hybridized carbons (Fsp3) is 0.909. The highest BCUT2D eigenvalue weighted by molar-refractivity contribution is 7.99. The number of rotatable bonds is 6. The van der Waals surface area contributed by atoms with E-state index in [0.717, 1.165) is 31.1 Å². The summed E-state index contributed by atoms with van der Waals surface area (Å²) in [6.45, 7) is 2.97. The summed E-state index contributed by atoms with van der Waals surface area (Å²) in [4.78, 5) is 11.5. The molecule has 1 N–H and O–H groups in total. The van der Waals surface area contributed by atoms with Gasteiger partial charge in [-0.2, -0.15) is 0 Å². The molecule has 1 aliphatic carbocycles. The Morgan fingerprint density at radius 3 is 2.93 bits per heavy atom. The molecule has 1 fully saturated rings. The topological polar surface area (TPSA) is 38.3 Å². The van der Waals surface area contributed by atoms with Gasteiger partial charge in [0.05, 0.1) is 12.4 Å². The van der Waals surface area contributed by atoms with Crippen molar-refractivity contribution in [3.8, 4) is 0 Å². The molecule has 0 spiro atoms. The van der Waals surface area contributed by atoms with E-state index in [2.05, 4.69) is 12.2 Å². The third-order valence-electron chi connectivity index (χ3n) is 2.72. The molecule has 1 aliphatic rings. The minimum Gasteiger partial charge on any atom is -0.384 e. The number of hydrogen-bond donors (Lipinski definition) is 1. The average molecular weight is 231 g/mol. The van der Waals surface area contributed by atoms with Gasteiger partial charge in [0.2, 0.25) is 5.91 Å². The monoisotopic (exact) mass is 231 g/mol. The minimum absolute atomic E-state index is 0.176. The van der Waals surface area contributed by atoms with Crippen LogP contribution in [0.5, 0.6) is 0 Å². The lowest BCUT2D eigenvalue weighted by atomic mass is 10.1. The summed E-state index contributed by atoms with van der Waals surface area (Å²) >= 11 is 1.63. The van der Waals surface area contributed by atoms with Gasteiger partial charge < -0.3 is 10.1 Å². The van der Waals surface area contributed by atoms with Gasteiger partial charge >= 0.3 is 0 Å². The molecular formula is C11H21NO2S. The maximum absolute atomic E-state index is 11.5. The van der Waals surface area contributed by atoms with E-state index in [0.29, 0.717) is 11.8 Å². The molecule has 0 bridgehead atoms. The van der Waals surface area contributed by atoms with Gasteiger partial charge in [0.25, 0.3) is 0 Å². The zero-order chi connectivity index (χ0) is 11.1. The van der Waals surface area contributed by atoms with Crippen LogP contribution in [0.3, 0.4) is 0 Å². The number of amides is 1. The molecule has 0 aromatic heterocycles. The Kier molecular flexibility index (Phi) is 6.10. The molecule has 2 atom stereocenters. The second-order valence-electron chi connectivity index (χ2n) is 4.23. The van der Waals surface area contributed by atoms with E-state index in [1.807, 2.05) is 0 Å². The van der Waals surface area contributed by atoms with Gasteiger partial charge in [0.1, 0.15) is 0 Å². The van der Waals surface area contributed by atoms with E-state index in [1.54, 1.807) is 18.9 Å². The first-order valence-electron chi connectivity index (χ1n) is 5.58. The Morgan fingerprint density at radius 2 is 2.33 bits per heavy atom. The standard InChI is InChI=1S/C11H21NO2S/c1-9-3-4-10(7-9)12-11(13)8-15-6-5-14-2/h9-10H,3-8H2,1-2H3,(H,12,13). The molecular weight excluding hydrogens is 210 g/mol. The molecule has 88 valence electrons. The third kappa shape index (κ3) is 5.42. The quantitative estimate of drug-likeness (QED) is 0.707. The SMILES string of the molecule is COCCSCC(=O)NC1CCC(C)C1. The van der Waals surface area contributed by atoms with Crippen molar-refractivity contribution in [1.82, 2.24) is 5.32 Å². The van der Waals surface area contributed by atoms with Crippen LogP contribution >= 0.6 is 11.8 Å². The molecule has 0 aromatic carbocycles. The lowest BCUT2D eigenvalue weighted by Gasteiger charge is -2.11. The number of methoxy groups -OCH3 is 1. The maximum Gasteiger partial charge on any atom is 0.230 e. The predicted molar refractivity (Wildman–Crippen MR) is 64.1 cm³/mol. The summed E-state index contributed by atoms with van der Waals surface area (Å²) in [5.41, 5.74) is 0. The molecule has 0 aromatic rings. The van der Waals surface area contributed by atoms with Gasteiger partial charge in [-0.1, -0.05) is 6.92 Å². The third-order valence-corrected chi connectivity index (χ3v) is 3.65. The number of thioether (sulfide) groups is 1. The maximum atomic E-state index is 11.5. The first-order valence-corrected chi connectivity index (χ1v) is 6.74. The molecule has 2 unspecified atom stereocenters. The number of nitrogens with one attached hydrogen (secondary N) is 1. The Labute approximate surface area is 96.3 Å². The molecule has 4 heteroatoms. The second kappa shape index (κ2) is 7.12. The van der Waals surface area contributed by atoms with Crippen LogP contribution in [0.4, 0.5) is 0 Å². The van der Waals surface area contributed by atoms with Gasteiger partial charge in [-0.05, 0) is 25.2 Å². The normalized spacial score (nSPS) is 25.5. The summed E-state index contributed by atoms with van der Waals surface area (Å²) in [6.07, 6.45) is 3.55.